The Labute approximate surface area is 84.8 Å². The Hall–Kier alpha value is 0.247. The third kappa shape index (κ3) is 2.14. The second kappa shape index (κ2) is 3.97. The molecule has 0 aromatic carbocycles. The van der Waals surface area contributed by atoms with Crippen LogP contribution >= 0.6 is 11.6 Å². The lowest BCUT2D eigenvalue weighted by Crippen LogP contribution is -2.38. The van der Waals surface area contributed by atoms with Gasteiger partial charge in [-0.25, -0.2) is 0 Å². The molecule has 0 nitrogen and oxygen atoms in total. The standard InChI is InChI=1S/C10H21ClSi/c1-6-8(3)10(11,7-2)9(4,5)12/h7-8H,2,6H2,1,3-5,12H3. The second-order valence-corrected chi connectivity index (χ2v) is 7.66. The quantitative estimate of drug-likeness (QED) is 0.376. The van der Waals surface area contributed by atoms with Crippen molar-refractivity contribution in [1.82, 2.24) is 0 Å². The summed E-state index contributed by atoms with van der Waals surface area (Å²) >= 11 is 6.57. The third-order valence-electron chi connectivity index (χ3n) is 2.78. The fraction of sp³-hybridized carbons (Fsp3) is 0.800. The Morgan fingerprint density at radius 3 is 2.08 bits per heavy atom. The van der Waals surface area contributed by atoms with Crippen molar-refractivity contribution >= 4 is 21.8 Å². The molecule has 0 fully saturated rings. The minimum Gasteiger partial charge on any atom is -0.114 e. The van der Waals surface area contributed by atoms with Gasteiger partial charge in [-0.3, -0.25) is 0 Å². The summed E-state index contributed by atoms with van der Waals surface area (Å²) in [7, 11) is 1.09. The lowest BCUT2D eigenvalue weighted by Gasteiger charge is -2.41. The zero-order valence-corrected chi connectivity index (χ0v) is 11.7. The van der Waals surface area contributed by atoms with Crippen LogP contribution in [0.5, 0.6) is 0 Å². The monoisotopic (exact) mass is 204 g/mol. The van der Waals surface area contributed by atoms with E-state index in [1.165, 1.54) is 0 Å². The molecule has 0 spiro atoms. The van der Waals surface area contributed by atoms with E-state index in [9.17, 15) is 0 Å². The Morgan fingerprint density at radius 2 is 2.00 bits per heavy atom. The van der Waals surface area contributed by atoms with E-state index in [1.807, 2.05) is 6.08 Å². The number of hydrogen-bond donors (Lipinski definition) is 0. The van der Waals surface area contributed by atoms with Crippen LogP contribution in [0.2, 0.25) is 5.04 Å². The fourth-order valence-electron chi connectivity index (χ4n) is 1.54. The highest BCUT2D eigenvalue weighted by Gasteiger charge is 2.40. The number of halogens is 1. The van der Waals surface area contributed by atoms with E-state index in [1.54, 1.807) is 0 Å². The van der Waals surface area contributed by atoms with Gasteiger partial charge in [-0.1, -0.05) is 40.2 Å². The molecule has 0 saturated carbocycles. The van der Waals surface area contributed by atoms with Crippen LogP contribution < -0.4 is 0 Å². The van der Waals surface area contributed by atoms with Crippen molar-refractivity contribution in [2.75, 3.05) is 0 Å². The average Bonchev–Trinajstić information content (AvgIpc) is 1.99. The van der Waals surface area contributed by atoms with Crippen molar-refractivity contribution < 1.29 is 0 Å². The SMILES string of the molecule is C=CC(Cl)(C(C)CC)C(C)(C)[SiH3]. The first-order valence-electron chi connectivity index (χ1n) is 4.62. The molecule has 72 valence electrons. The van der Waals surface area contributed by atoms with Crippen LogP contribution in [0.15, 0.2) is 12.7 Å². The maximum atomic E-state index is 6.57. The summed E-state index contributed by atoms with van der Waals surface area (Å²) in [6.45, 7) is 12.7. The highest BCUT2D eigenvalue weighted by molar-refractivity contribution is 6.32. The first kappa shape index (κ1) is 12.2. The average molecular weight is 205 g/mol. The predicted molar refractivity (Wildman–Crippen MR) is 62.2 cm³/mol. The topological polar surface area (TPSA) is 0 Å². The zero-order chi connectivity index (χ0) is 9.99. The predicted octanol–water partition coefficient (Wildman–Crippen LogP) is 2.76. The Bertz CT molecular complexity index is 160. The Balaban J connectivity index is 4.79. The van der Waals surface area contributed by atoms with Crippen molar-refractivity contribution in [3.05, 3.63) is 12.7 Å². The van der Waals surface area contributed by atoms with Gasteiger partial charge in [0, 0.05) is 10.2 Å². The lowest BCUT2D eigenvalue weighted by atomic mass is 9.81. The van der Waals surface area contributed by atoms with Crippen molar-refractivity contribution in [2.24, 2.45) is 5.92 Å². The minimum absolute atomic E-state index is 0.214. The maximum Gasteiger partial charge on any atom is 0.0666 e. The summed E-state index contributed by atoms with van der Waals surface area (Å²) in [5, 5.41) is 0.214. The van der Waals surface area contributed by atoms with Crippen LogP contribution in [0, 0.1) is 5.92 Å². The molecule has 0 saturated heterocycles. The molecule has 0 N–H and O–H groups in total. The van der Waals surface area contributed by atoms with Gasteiger partial charge in [-0.15, -0.1) is 18.2 Å². The Morgan fingerprint density at radius 1 is 1.58 bits per heavy atom. The number of rotatable bonds is 4. The molecule has 0 radical (unpaired) electrons. The summed E-state index contributed by atoms with van der Waals surface area (Å²) in [6, 6.07) is 0. The van der Waals surface area contributed by atoms with E-state index >= 15 is 0 Å². The molecule has 0 aliphatic rings. The first-order valence-corrected chi connectivity index (χ1v) is 6.00. The second-order valence-electron chi connectivity index (χ2n) is 4.53. The van der Waals surface area contributed by atoms with Gasteiger partial charge in [0.1, 0.15) is 0 Å². The van der Waals surface area contributed by atoms with Crippen LogP contribution in [-0.2, 0) is 0 Å². The summed E-state index contributed by atoms with van der Waals surface area (Å²) in [5.74, 6) is 0.504. The molecule has 0 rings (SSSR count). The van der Waals surface area contributed by atoms with Crippen LogP contribution in [0.25, 0.3) is 0 Å². The smallest absolute Gasteiger partial charge is 0.0666 e. The highest BCUT2D eigenvalue weighted by atomic mass is 35.5. The van der Waals surface area contributed by atoms with Crippen molar-refractivity contribution in [3.8, 4) is 0 Å². The van der Waals surface area contributed by atoms with E-state index in [4.69, 9.17) is 11.6 Å². The van der Waals surface area contributed by atoms with Gasteiger partial charge >= 0.3 is 0 Å². The van der Waals surface area contributed by atoms with Gasteiger partial charge in [0.25, 0.3) is 0 Å². The molecule has 0 aliphatic carbocycles. The summed E-state index contributed by atoms with van der Waals surface area (Å²) in [6.07, 6.45) is 3.04. The van der Waals surface area contributed by atoms with Crippen LogP contribution in [-0.4, -0.2) is 15.1 Å². The van der Waals surface area contributed by atoms with Gasteiger partial charge in [-0.2, -0.15) is 0 Å². The van der Waals surface area contributed by atoms with Crippen LogP contribution in [0.4, 0.5) is 0 Å². The molecule has 0 aliphatic heterocycles. The van der Waals surface area contributed by atoms with E-state index < -0.39 is 0 Å². The molecular weight excluding hydrogens is 184 g/mol. The molecule has 0 heterocycles. The molecule has 0 amide bonds. The van der Waals surface area contributed by atoms with Gasteiger partial charge in [0.2, 0.25) is 0 Å². The third-order valence-corrected chi connectivity index (χ3v) is 5.01. The summed E-state index contributed by atoms with van der Waals surface area (Å²) in [4.78, 5) is -0.214. The highest BCUT2D eigenvalue weighted by Crippen LogP contribution is 2.47. The van der Waals surface area contributed by atoms with Crippen LogP contribution in [0.1, 0.15) is 34.1 Å². The van der Waals surface area contributed by atoms with Gasteiger partial charge in [0.15, 0.2) is 0 Å². The van der Waals surface area contributed by atoms with E-state index in [0.717, 1.165) is 16.7 Å². The zero-order valence-electron chi connectivity index (χ0n) is 8.95. The lowest BCUT2D eigenvalue weighted by molar-refractivity contribution is 0.372. The van der Waals surface area contributed by atoms with Gasteiger partial charge in [-0.05, 0) is 11.0 Å². The molecular formula is C10H21ClSi. The summed E-state index contributed by atoms with van der Waals surface area (Å²) < 4.78 is 0. The van der Waals surface area contributed by atoms with E-state index in [2.05, 4.69) is 34.3 Å². The molecule has 0 aromatic rings. The Kier molecular flexibility index (Phi) is 4.05. The van der Waals surface area contributed by atoms with Crippen molar-refractivity contribution in [1.29, 1.82) is 0 Å². The molecule has 12 heavy (non-hydrogen) atoms. The number of alkyl halides is 1. The maximum absolute atomic E-state index is 6.57. The molecule has 2 unspecified atom stereocenters. The van der Waals surface area contributed by atoms with Crippen molar-refractivity contribution in [3.63, 3.8) is 0 Å². The van der Waals surface area contributed by atoms with E-state index in [-0.39, 0.29) is 9.91 Å². The molecule has 2 heteroatoms. The molecule has 2 atom stereocenters. The normalized spacial score (nSPS) is 20.1. The number of allylic oxidation sites excluding steroid dienone is 1. The largest absolute Gasteiger partial charge is 0.114 e. The fourth-order valence-corrected chi connectivity index (χ4v) is 2.39. The first-order chi connectivity index (χ1) is 5.29. The van der Waals surface area contributed by atoms with Gasteiger partial charge in [0.05, 0.1) is 4.87 Å². The molecule has 0 aromatic heterocycles. The minimum atomic E-state index is -0.214. The van der Waals surface area contributed by atoms with Gasteiger partial charge < -0.3 is 0 Å². The summed E-state index contributed by atoms with van der Waals surface area (Å²) in [5.41, 5.74) is 0. The van der Waals surface area contributed by atoms with E-state index in [0.29, 0.717) is 5.92 Å². The molecule has 0 bridgehead atoms. The van der Waals surface area contributed by atoms with Crippen molar-refractivity contribution in [2.45, 2.75) is 44.0 Å². The number of hydrogen-bond acceptors (Lipinski definition) is 0. The van der Waals surface area contributed by atoms with Crippen LogP contribution in [0.3, 0.4) is 0 Å².